The monoisotopic (exact) mass is 258 g/mol. The zero-order chi connectivity index (χ0) is 14.0. The van der Waals surface area contributed by atoms with Gasteiger partial charge >= 0.3 is 12.0 Å². The Balaban J connectivity index is 4.30. The molecule has 5 nitrogen and oxygen atoms in total. The topological polar surface area (TPSA) is 58.6 Å². The van der Waals surface area contributed by atoms with E-state index in [9.17, 15) is 9.59 Å². The van der Waals surface area contributed by atoms with Crippen LogP contribution in [0.1, 0.15) is 46.5 Å². The van der Waals surface area contributed by atoms with Crippen LogP contribution in [0.15, 0.2) is 0 Å². The minimum atomic E-state index is -0.603. The van der Waals surface area contributed by atoms with E-state index >= 15 is 0 Å². The lowest BCUT2D eigenvalue weighted by Crippen LogP contribution is -2.47. The van der Waals surface area contributed by atoms with Crippen LogP contribution in [-0.2, 0) is 9.53 Å². The Kier molecular flexibility index (Phi) is 9.06. The molecule has 106 valence electrons. The van der Waals surface area contributed by atoms with Crippen molar-refractivity contribution in [3.05, 3.63) is 0 Å². The van der Waals surface area contributed by atoms with Crippen LogP contribution in [0.3, 0.4) is 0 Å². The molecular formula is C13H26N2O3. The van der Waals surface area contributed by atoms with Crippen LogP contribution in [0.4, 0.5) is 4.79 Å². The quantitative estimate of drug-likeness (QED) is 0.679. The molecule has 1 unspecified atom stereocenters. The highest BCUT2D eigenvalue weighted by molar-refractivity contribution is 5.83. The second-order valence-electron chi connectivity index (χ2n) is 4.39. The summed E-state index contributed by atoms with van der Waals surface area (Å²) in [6.45, 7) is 7.27. The van der Waals surface area contributed by atoms with E-state index in [1.165, 1.54) is 7.11 Å². The molecule has 0 rings (SSSR count). The summed E-state index contributed by atoms with van der Waals surface area (Å²) in [6.07, 6.45) is 4.04. The molecule has 0 saturated heterocycles. The number of urea groups is 1. The maximum absolute atomic E-state index is 12.0. The molecule has 0 fully saturated rings. The third kappa shape index (κ3) is 6.47. The van der Waals surface area contributed by atoms with Crippen molar-refractivity contribution in [3.63, 3.8) is 0 Å². The van der Waals surface area contributed by atoms with E-state index in [1.807, 2.05) is 0 Å². The summed E-state index contributed by atoms with van der Waals surface area (Å²) in [6, 6.07) is -0.789. The summed E-state index contributed by atoms with van der Waals surface area (Å²) < 4.78 is 4.58. The second-order valence-corrected chi connectivity index (χ2v) is 4.39. The van der Waals surface area contributed by atoms with Crippen LogP contribution in [-0.4, -0.2) is 43.1 Å². The van der Waals surface area contributed by atoms with E-state index in [0.29, 0.717) is 0 Å². The molecule has 0 aromatic rings. The highest BCUT2D eigenvalue weighted by Gasteiger charge is 2.19. The minimum Gasteiger partial charge on any atom is -0.467 e. The Labute approximate surface area is 110 Å². The third-order valence-electron chi connectivity index (χ3n) is 2.75. The van der Waals surface area contributed by atoms with Crippen LogP contribution in [0.5, 0.6) is 0 Å². The second kappa shape index (κ2) is 9.74. The molecule has 0 aromatic heterocycles. The Hall–Kier alpha value is -1.26. The van der Waals surface area contributed by atoms with Gasteiger partial charge in [0.2, 0.25) is 0 Å². The fourth-order valence-electron chi connectivity index (χ4n) is 1.53. The molecule has 0 radical (unpaired) electrons. The van der Waals surface area contributed by atoms with Crippen LogP contribution in [0.25, 0.3) is 0 Å². The van der Waals surface area contributed by atoms with E-state index in [-0.39, 0.29) is 6.03 Å². The van der Waals surface area contributed by atoms with Crippen molar-refractivity contribution in [1.82, 2.24) is 10.2 Å². The van der Waals surface area contributed by atoms with E-state index in [2.05, 4.69) is 23.9 Å². The number of nitrogens with one attached hydrogen (secondary N) is 1. The van der Waals surface area contributed by atoms with Crippen LogP contribution in [0, 0.1) is 0 Å². The fourth-order valence-corrected chi connectivity index (χ4v) is 1.53. The number of esters is 1. The molecule has 0 aliphatic heterocycles. The van der Waals surface area contributed by atoms with Crippen molar-refractivity contribution in [2.45, 2.75) is 52.5 Å². The summed E-state index contributed by atoms with van der Waals surface area (Å²) >= 11 is 0. The van der Waals surface area contributed by atoms with E-state index < -0.39 is 12.0 Å². The first-order chi connectivity index (χ1) is 8.56. The van der Waals surface area contributed by atoms with Gasteiger partial charge in [-0.2, -0.15) is 0 Å². The number of rotatable bonds is 8. The van der Waals surface area contributed by atoms with Crippen molar-refractivity contribution < 1.29 is 14.3 Å². The maximum atomic E-state index is 12.0. The SMILES string of the molecule is CCCCN(CCCC)C(=O)NC(C)C(=O)OC. The largest absolute Gasteiger partial charge is 0.467 e. The van der Waals surface area contributed by atoms with Gasteiger partial charge in [0.15, 0.2) is 0 Å². The van der Waals surface area contributed by atoms with Crippen molar-refractivity contribution in [3.8, 4) is 0 Å². The zero-order valence-corrected chi connectivity index (χ0v) is 12.0. The van der Waals surface area contributed by atoms with Gasteiger partial charge < -0.3 is 15.0 Å². The van der Waals surface area contributed by atoms with Gasteiger partial charge in [0.05, 0.1) is 7.11 Å². The molecule has 5 heteroatoms. The minimum absolute atomic E-state index is 0.185. The standard InChI is InChI=1S/C13H26N2O3/c1-5-7-9-15(10-8-6-2)13(17)14-11(3)12(16)18-4/h11H,5-10H2,1-4H3,(H,14,17). The number of hydrogen-bond donors (Lipinski definition) is 1. The highest BCUT2D eigenvalue weighted by Crippen LogP contribution is 2.01. The molecular weight excluding hydrogens is 232 g/mol. The third-order valence-corrected chi connectivity index (χ3v) is 2.75. The van der Waals surface area contributed by atoms with Crippen molar-refractivity contribution >= 4 is 12.0 Å². The Morgan fingerprint density at radius 2 is 1.67 bits per heavy atom. The van der Waals surface area contributed by atoms with Gasteiger partial charge in [-0.05, 0) is 19.8 Å². The fraction of sp³-hybridized carbons (Fsp3) is 0.846. The predicted molar refractivity (Wildman–Crippen MR) is 71.4 cm³/mol. The molecule has 0 aliphatic rings. The number of ether oxygens (including phenoxy) is 1. The molecule has 1 N–H and O–H groups in total. The number of amides is 2. The van der Waals surface area contributed by atoms with Crippen LogP contribution >= 0.6 is 0 Å². The average molecular weight is 258 g/mol. The van der Waals surface area contributed by atoms with Crippen molar-refractivity contribution in [2.24, 2.45) is 0 Å². The molecule has 1 atom stereocenters. The number of carbonyl (C=O) groups excluding carboxylic acids is 2. The molecule has 18 heavy (non-hydrogen) atoms. The van der Waals surface area contributed by atoms with Gasteiger partial charge in [-0.25, -0.2) is 9.59 Å². The van der Waals surface area contributed by atoms with Crippen molar-refractivity contribution in [1.29, 1.82) is 0 Å². The molecule has 0 spiro atoms. The molecule has 0 aliphatic carbocycles. The summed E-state index contributed by atoms with van der Waals surface area (Å²) in [5.74, 6) is -0.422. The summed E-state index contributed by atoms with van der Waals surface area (Å²) in [5, 5.41) is 2.66. The number of carbonyl (C=O) groups is 2. The van der Waals surface area contributed by atoms with Crippen molar-refractivity contribution in [2.75, 3.05) is 20.2 Å². The number of methoxy groups -OCH3 is 1. The van der Waals surface area contributed by atoms with E-state index in [1.54, 1.807) is 11.8 Å². The summed E-state index contributed by atoms with van der Waals surface area (Å²) in [7, 11) is 1.32. The van der Waals surface area contributed by atoms with Gasteiger partial charge in [0.25, 0.3) is 0 Å². The molecule has 0 saturated carbocycles. The average Bonchev–Trinajstić information content (AvgIpc) is 2.37. The number of unbranched alkanes of at least 4 members (excludes halogenated alkanes) is 2. The molecule has 0 heterocycles. The lowest BCUT2D eigenvalue weighted by atomic mass is 10.2. The van der Waals surface area contributed by atoms with Crippen LogP contribution in [0.2, 0.25) is 0 Å². The lowest BCUT2D eigenvalue weighted by molar-refractivity contribution is -0.142. The van der Waals surface area contributed by atoms with E-state index in [0.717, 1.165) is 38.8 Å². The molecule has 0 aromatic carbocycles. The maximum Gasteiger partial charge on any atom is 0.328 e. The first-order valence-corrected chi connectivity index (χ1v) is 6.70. The van der Waals surface area contributed by atoms with Gasteiger partial charge in [0, 0.05) is 13.1 Å². The predicted octanol–water partition coefficient (Wildman–Crippen LogP) is 2.16. The summed E-state index contributed by atoms with van der Waals surface area (Å²) in [5.41, 5.74) is 0. The first-order valence-electron chi connectivity index (χ1n) is 6.70. The van der Waals surface area contributed by atoms with Gasteiger partial charge in [-0.1, -0.05) is 26.7 Å². The Morgan fingerprint density at radius 3 is 2.06 bits per heavy atom. The zero-order valence-electron chi connectivity index (χ0n) is 12.0. The number of nitrogens with zero attached hydrogens (tertiary/aromatic N) is 1. The first kappa shape index (κ1) is 16.7. The molecule has 0 bridgehead atoms. The Morgan fingerprint density at radius 1 is 1.17 bits per heavy atom. The Bertz CT molecular complexity index is 249. The van der Waals surface area contributed by atoms with Crippen LogP contribution < -0.4 is 5.32 Å². The lowest BCUT2D eigenvalue weighted by Gasteiger charge is -2.24. The smallest absolute Gasteiger partial charge is 0.328 e. The number of hydrogen-bond acceptors (Lipinski definition) is 3. The van der Waals surface area contributed by atoms with E-state index in [4.69, 9.17) is 0 Å². The molecule has 2 amide bonds. The van der Waals surface area contributed by atoms with Gasteiger partial charge in [-0.15, -0.1) is 0 Å². The summed E-state index contributed by atoms with van der Waals surface area (Å²) in [4.78, 5) is 25.0. The highest BCUT2D eigenvalue weighted by atomic mass is 16.5. The van der Waals surface area contributed by atoms with Gasteiger partial charge in [0.1, 0.15) is 6.04 Å². The van der Waals surface area contributed by atoms with Gasteiger partial charge in [-0.3, -0.25) is 0 Å². The normalized spacial score (nSPS) is 11.8.